The summed E-state index contributed by atoms with van der Waals surface area (Å²) in [5, 5.41) is 12.1. The van der Waals surface area contributed by atoms with Gasteiger partial charge in [0.05, 0.1) is 64.5 Å². The molecule has 0 aliphatic carbocycles. The molecule has 2 aliphatic heterocycles. The molecule has 4 amide bonds. The van der Waals surface area contributed by atoms with E-state index in [1.54, 1.807) is 6.92 Å². The van der Waals surface area contributed by atoms with Crippen molar-refractivity contribution in [2.45, 2.75) is 108 Å². The molecule has 0 spiro atoms. The van der Waals surface area contributed by atoms with E-state index in [0.29, 0.717) is 77.2 Å². The normalized spacial score (nSPS) is 20.1. The maximum absolute atomic E-state index is 13.4. The van der Waals surface area contributed by atoms with E-state index in [9.17, 15) is 23.1 Å². The van der Waals surface area contributed by atoms with Crippen molar-refractivity contribution in [1.82, 2.24) is 21.3 Å². The summed E-state index contributed by atoms with van der Waals surface area (Å²) in [6.07, 6.45) is 11.4. The quantitative estimate of drug-likeness (QED) is 0.0476. The van der Waals surface area contributed by atoms with E-state index in [1.165, 1.54) is 0 Å². The number of nitrogens with one attached hydrogen (secondary N) is 4. The van der Waals surface area contributed by atoms with Crippen molar-refractivity contribution in [3.63, 3.8) is 0 Å². The van der Waals surface area contributed by atoms with Crippen molar-refractivity contribution in [1.29, 1.82) is 0 Å². The van der Waals surface area contributed by atoms with Crippen LogP contribution in [0.4, 0.5) is 8.99 Å². The highest BCUT2D eigenvalue weighted by atomic mass is 32.2. The van der Waals surface area contributed by atoms with Gasteiger partial charge in [-0.2, -0.15) is 16.0 Å². The molecular formula is C31H58FN4O8PS. The van der Waals surface area contributed by atoms with Gasteiger partial charge in [-0.25, -0.2) is 4.79 Å². The minimum atomic E-state index is -3.88. The summed E-state index contributed by atoms with van der Waals surface area (Å²) in [5.41, 5.74) is 0. The molecule has 0 bridgehead atoms. The van der Waals surface area contributed by atoms with E-state index in [1.807, 2.05) is 11.8 Å². The second-order valence-corrected chi connectivity index (χ2v) is 14.9. The summed E-state index contributed by atoms with van der Waals surface area (Å²) in [6.45, 7) is 5.38. The van der Waals surface area contributed by atoms with Crippen LogP contribution in [0.3, 0.4) is 0 Å². The molecule has 4 atom stereocenters. The number of ether oxygens (including phenoxy) is 3. The lowest BCUT2D eigenvalue weighted by Gasteiger charge is -2.16. The lowest BCUT2D eigenvalue weighted by Crippen LogP contribution is -2.36. The molecule has 0 saturated carbocycles. The first-order chi connectivity index (χ1) is 22.3. The zero-order valence-electron chi connectivity index (χ0n) is 27.7. The summed E-state index contributed by atoms with van der Waals surface area (Å²) in [6, 6.07) is 0.393. The van der Waals surface area contributed by atoms with Crippen LogP contribution in [0.25, 0.3) is 0 Å². The average molecular weight is 697 g/mol. The number of fused-ring (bicyclic) bond motifs is 1. The van der Waals surface area contributed by atoms with Crippen molar-refractivity contribution in [3.8, 4) is 0 Å². The van der Waals surface area contributed by atoms with Crippen molar-refractivity contribution in [3.05, 3.63) is 0 Å². The third-order valence-corrected chi connectivity index (χ3v) is 10.9. The molecule has 12 nitrogen and oxygen atoms in total. The van der Waals surface area contributed by atoms with Gasteiger partial charge in [-0.3, -0.25) is 14.2 Å². The smallest absolute Gasteiger partial charge is 0.367 e. The van der Waals surface area contributed by atoms with Crippen LogP contribution < -0.4 is 21.3 Å². The molecule has 15 heteroatoms. The third-order valence-electron chi connectivity index (χ3n) is 7.86. The van der Waals surface area contributed by atoms with Crippen LogP contribution in [0.5, 0.6) is 0 Å². The van der Waals surface area contributed by atoms with Crippen molar-refractivity contribution < 1.29 is 41.9 Å². The Morgan fingerprint density at radius 2 is 1.33 bits per heavy atom. The second kappa shape index (κ2) is 25.6. The van der Waals surface area contributed by atoms with Crippen LogP contribution in [-0.2, 0) is 32.9 Å². The van der Waals surface area contributed by atoms with Crippen molar-refractivity contribution in [2.24, 2.45) is 0 Å². The number of hydrogen-bond donors (Lipinski definition) is 4. The van der Waals surface area contributed by atoms with Crippen LogP contribution in [0, 0.1) is 0 Å². The van der Waals surface area contributed by atoms with Gasteiger partial charge in [0.2, 0.25) is 11.8 Å². The zero-order valence-corrected chi connectivity index (χ0v) is 29.4. The van der Waals surface area contributed by atoms with Crippen LogP contribution in [0.15, 0.2) is 0 Å². The number of unbranched alkanes of at least 4 members (excludes halogenated alkanes) is 8. The second-order valence-electron chi connectivity index (χ2n) is 11.7. The van der Waals surface area contributed by atoms with Crippen molar-refractivity contribution in [2.75, 3.05) is 71.3 Å². The molecule has 4 N–H and O–H groups in total. The molecule has 2 aliphatic rings. The molecule has 268 valence electrons. The Morgan fingerprint density at radius 1 is 0.804 bits per heavy atom. The lowest BCUT2D eigenvalue weighted by atomic mass is 10.0. The number of amides is 4. The predicted molar refractivity (Wildman–Crippen MR) is 179 cm³/mol. The fourth-order valence-corrected chi connectivity index (χ4v) is 8.08. The van der Waals surface area contributed by atoms with Crippen LogP contribution in [-0.4, -0.2) is 106 Å². The van der Waals surface area contributed by atoms with Gasteiger partial charge in [0.1, 0.15) is 0 Å². The minimum absolute atomic E-state index is 0.0152. The van der Waals surface area contributed by atoms with Crippen LogP contribution in [0.2, 0.25) is 0 Å². The number of carbonyl (C=O) groups is 3. The number of hydrogen-bond acceptors (Lipinski definition) is 9. The topological polar surface area (TPSA) is 153 Å². The van der Waals surface area contributed by atoms with Gasteiger partial charge in [-0.05, 0) is 32.6 Å². The number of carbonyl (C=O) groups excluding carboxylic acids is 3. The monoisotopic (exact) mass is 696 g/mol. The Kier molecular flexibility index (Phi) is 22.6. The molecule has 2 saturated heterocycles. The summed E-state index contributed by atoms with van der Waals surface area (Å²) in [5.74, 6) is 1.02. The first-order valence-corrected chi connectivity index (χ1v) is 19.9. The van der Waals surface area contributed by atoms with E-state index in [2.05, 4.69) is 25.8 Å². The first kappa shape index (κ1) is 40.7. The van der Waals surface area contributed by atoms with Gasteiger partial charge >= 0.3 is 13.7 Å². The molecule has 0 aromatic heterocycles. The number of halogens is 1. The van der Waals surface area contributed by atoms with Gasteiger partial charge < -0.3 is 40.0 Å². The number of thioether (sulfide) groups is 1. The lowest BCUT2D eigenvalue weighted by molar-refractivity contribution is -0.122. The Balaban J connectivity index is 1.23. The SMILES string of the molecule is CCOP(=O)(F)CCCCCCCCCCC(=O)NCCOCCOCCOCCNC(=O)CCCC[C@@H]1SC[C@@H]2NC(=O)N[C@@H]21. The molecular weight excluding hydrogens is 638 g/mol. The standard InChI is InChI=1S/C31H58FN4O8PS/c1-2-44-45(32,40)24-12-8-6-4-3-5-7-9-14-28(37)33-16-18-41-20-22-43-23-21-42-19-17-34-29(38)15-11-10-13-27-30-26(25-46-27)35-31(39)36-30/h26-27,30H,2-25H2,1H3,(H,33,37)(H,34,38)(H2,35,36,39)/t26-,27-,30-,45?/m0/s1. The van der Waals surface area contributed by atoms with E-state index in [4.69, 9.17) is 14.2 Å². The van der Waals surface area contributed by atoms with Gasteiger partial charge in [0.15, 0.2) is 0 Å². The maximum atomic E-state index is 13.4. The van der Waals surface area contributed by atoms with E-state index < -0.39 is 7.68 Å². The highest BCUT2D eigenvalue weighted by Gasteiger charge is 2.42. The number of rotatable bonds is 30. The fraction of sp³-hybridized carbons (Fsp3) is 0.903. The average Bonchev–Trinajstić information content (AvgIpc) is 3.57. The van der Waals surface area contributed by atoms with Gasteiger partial charge in [-0.1, -0.05) is 44.9 Å². The Bertz CT molecular complexity index is 909. The zero-order chi connectivity index (χ0) is 33.3. The molecule has 0 radical (unpaired) electrons. The predicted octanol–water partition coefficient (Wildman–Crippen LogP) is 4.70. The Hall–Kier alpha value is -1.44. The fourth-order valence-electron chi connectivity index (χ4n) is 5.42. The van der Waals surface area contributed by atoms with E-state index >= 15 is 0 Å². The van der Waals surface area contributed by atoms with E-state index in [-0.39, 0.29) is 42.7 Å². The Labute approximate surface area is 279 Å². The van der Waals surface area contributed by atoms with Gasteiger partial charge in [0, 0.05) is 36.9 Å². The largest absolute Gasteiger partial charge is 0.377 e. The molecule has 1 unspecified atom stereocenters. The number of urea groups is 1. The summed E-state index contributed by atoms with van der Waals surface area (Å²) < 4.78 is 45.9. The van der Waals surface area contributed by atoms with Gasteiger partial charge in [0.25, 0.3) is 0 Å². The summed E-state index contributed by atoms with van der Waals surface area (Å²) in [7, 11) is -3.88. The maximum Gasteiger partial charge on any atom is 0.367 e. The van der Waals surface area contributed by atoms with E-state index in [0.717, 1.165) is 70.0 Å². The molecule has 2 rings (SSSR count). The summed E-state index contributed by atoms with van der Waals surface area (Å²) in [4.78, 5) is 35.4. The third kappa shape index (κ3) is 20.0. The molecule has 2 fully saturated rings. The molecule has 0 aromatic carbocycles. The van der Waals surface area contributed by atoms with Crippen LogP contribution in [0.1, 0.15) is 90.4 Å². The van der Waals surface area contributed by atoms with Crippen LogP contribution >= 0.6 is 19.4 Å². The molecule has 0 aromatic rings. The molecule has 46 heavy (non-hydrogen) atoms. The minimum Gasteiger partial charge on any atom is -0.377 e. The van der Waals surface area contributed by atoms with Crippen molar-refractivity contribution >= 4 is 37.3 Å². The molecule has 2 heterocycles. The highest BCUT2D eigenvalue weighted by Crippen LogP contribution is 2.49. The first-order valence-electron chi connectivity index (χ1n) is 17.2. The van der Waals surface area contributed by atoms with Gasteiger partial charge in [-0.15, -0.1) is 0 Å². The highest BCUT2D eigenvalue weighted by molar-refractivity contribution is 8.00. The Morgan fingerprint density at radius 3 is 1.91 bits per heavy atom. The summed E-state index contributed by atoms with van der Waals surface area (Å²) >= 11 is 1.90.